The fraction of sp³-hybridized carbons (Fsp3) is 0.579. The average molecular weight is 346 g/mol. The minimum Gasteiger partial charge on any atom is -0.374 e. The third-order valence-electron chi connectivity index (χ3n) is 4.03. The molecule has 1 heterocycles. The zero-order valence-electron chi connectivity index (χ0n) is 15.5. The first-order valence-corrected chi connectivity index (χ1v) is 9.05. The molecular formula is C19H30N4O2. The quantitative estimate of drug-likeness (QED) is 0.783. The average Bonchev–Trinajstić information content (AvgIpc) is 2.80. The molecular weight excluding hydrogens is 316 g/mol. The van der Waals surface area contributed by atoms with Crippen LogP contribution in [0.3, 0.4) is 0 Å². The molecule has 3 N–H and O–H groups in total. The van der Waals surface area contributed by atoms with Crippen molar-refractivity contribution in [1.82, 2.24) is 10.6 Å². The summed E-state index contributed by atoms with van der Waals surface area (Å²) in [6.07, 6.45) is 4.94. The lowest BCUT2D eigenvalue weighted by Gasteiger charge is -2.25. The number of urea groups is 1. The molecule has 3 amide bonds. The minimum absolute atomic E-state index is 0.0580. The van der Waals surface area contributed by atoms with Gasteiger partial charge in [-0.25, -0.2) is 4.79 Å². The number of amides is 3. The molecule has 0 spiro atoms. The van der Waals surface area contributed by atoms with Crippen molar-refractivity contribution in [3.63, 3.8) is 0 Å². The zero-order chi connectivity index (χ0) is 18.3. The Bertz CT molecular complexity index is 587. The Hall–Kier alpha value is -2.24. The Morgan fingerprint density at radius 3 is 2.32 bits per heavy atom. The molecule has 1 fully saturated rings. The molecule has 2 rings (SSSR count). The lowest BCUT2D eigenvalue weighted by Crippen LogP contribution is -2.49. The number of nitrogens with one attached hydrogen (secondary N) is 3. The third kappa shape index (κ3) is 6.64. The van der Waals surface area contributed by atoms with Gasteiger partial charge in [0.05, 0.1) is 17.9 Å². The van der Waals surface area contributed by atoms with Gasteiger partial charge in [-0.05, 0) is 45.7 Å². The molecule has 1 aromatic rings. The third-order valence-corrected chi connectivity index (χ3v) is 4.03. The highest BCUT2D eigenvalue weighted by molar-refractivity contribution is 5.96. The summed E-state index contributed by atoms with van der Waals surface area (Å²) < 4.78 is 0. The Labute approximate surface area is 150 Å². The molecule has 1 aromatic carbocycles. The lowest BCUT2D eigenvalue weighted by molar-refractivity contribution is -0.118. The van der Waals surface area contributed by atoms with Gasteiger partial charge in [-0.2, -0.15) is 0 Å². The molecule has 1 aliphatic rings. The molecule has 0 aromatic heterocycles. The Balaban J connectivity index is 1.92. The van der Waals surface area contributed by atoms with Gasteiger partial charge < -0.3 is 15.5 Å². The molecule has 0 bridgehead atoms. The van der Waals surface area contributed by atoms with E-state index in [1.807, 2.05) is 39.0 Å². The van der Waals surface area contributed by atoms with Gasteiger partial charge in [-0.1, -0.05) is 25.0 Å². The van der Waals surface area contributed by atoms with E-state index in [-0.39, 0.29) is 18.0 Å². The normalized spacial score (nSPS) is 15.2. The SMILES string of the molecule is CC(C)(C)NC(=O)NC(=O)CNc1ccccc1N1CCCCCC1. The monoisotopic (exact) mass is 346 g/mol. The number of hydrogen-bond donors (Lipinski definition) is 3. The van der Waals surface area contributed by atoms with E-state index in [1.54, 1.807) is 0 Å². The van der Waals surface area contributed by atoms with Crippen molar-refractivity contribution >= 4 is 23.3 Å². The van der Waals surface area contributed by atoms with Crippen LogP contribution in [-0.4, -0.2) is 37.1 Å². The number of imide groups is 1. The minimum atomic E-state index is -0.472. The smallest absolute Gasteiger partial charge is 0.321 e. The van der Waals surface area contributed by atoms with Gasteiger partial charge in [-0.15, -0.1) is 0 Å². The largest absolute Gasteiger partial charge is 0.374 e. The van der Waals surface area contributed by atoms with E-state index in [4.69, 9.17) is 0 Å². The van der Waals surface area contributed by atoms with E-state index in [2.05, 4.69) is 26.9 Å². The van der Waals surface area contributed by atoms with Crippen molar-refractivity contribution in [2.24, 2.45) is 0 Å². The number of nitrogens with zero attached hydrogens (tertiary/aromatic N) is 1. The van der Waals surface area contributed by atoms with E-state index in [9.17, 15) is 9.59 Å². The lowest BCUT2D eigenvalue weighted by atomic mass is 10.1. The molecule has 0 aliphatic carbocycles. The summed E-state index contributed by atoms with van der Waals surface area (Å²) in [5.41, 5.74) is 1.67. The van der Waals surface area contributed by atoms with Gasteiger partial charge in [0.2, 0.25) is 5.91 Å². The predicted molar refractivity (Wildman–Crippen MR) is 102 cm³/mol. The Kier molecular flexibility index (Phi) is 6.67. The van der Waals surface area contributed by atoms with Crippen molar-refractivity contribution in [1.29, 1.82) is 0 Å². The number of para-hydroxylation sites is 2. The molecule has 25 heavy (non-hydrogen) atoms. The van der Waals surface area contributed by atoms with Crippen LogP contribution >= 0.6 is 0 Å². The van der Waals surface area contributed by atoms with E-state index in [0.29, 0.717) is 0 Å². The van der Waals surface area contributed by atoms with Crippen molar-refractivity contribution in [3.05, 3.63) is 24.3 Å². The second-order valence-corrected chi connectivity index (χ2v) is 7.52. The fourth-order valence-corrected chi connectivity index (χ4v) is 2.93. The number of anilines is 2. The maximum Gasteiger partial charge on any atom is 0.321 e. The molecule has 138 valence electrons. The predicted octanol–water partition coefficient (Wildman–Crippen LogP) is 3.10. The highest BCUT2D eigenvalue weighted by atomic mass is 16.2. The number of rotatable bonds is 4. The van der Waals surface area contributed by atoms with Gasteiger partial charge in [0.1, 0.15) is 0 Å². The summed E-state index contributed by atoms with van der Waals surface area (Å²) in [6.45, 7) is 7.74. The number of carbonyl (C=O) groups is 2. The maximum absolute atomic E-state index is 12.0. The topological polar surface area (TPSA) is 73.5 Å². The summed E-state index contributed by atoms with van der Waals surface area (Å²) >= 11 is 0. The van der Waals surface area contributed by atoms with Gasteiger partial charge in [0, 0.05) is 18.6 Å². The molecule has 0 unspecified atom stereocenters. The van der Waals surface area contributed by atoms with Crippen molar-refractivity contribution in [3.8, 4) is 0 Å². The summed E-state index contributed by atoms with van der Waals surface area (Å²) in [7, 11) is 0. The van der Waals surface area contributed by atoms with Crippen LogP contribution in [0.15, 0.2) is 24.3 Å². The van der Waals surface area contributed by atoms with Crippen LogP contribution in [-0.2, 0) is 4.79 Å². The van der Waals surface area contributed by atoms with Crippen LogP contribution in [0.4, 0.5) is 16.2 Å². The Morgan fingerprint density at radius 2 is 1.68 bits per heavy atom. The van der Waals surface area contributed by atoms with Crippen LogP contribution < -0.4 is 20.9 Å². The molecule has 0 radical (unpaired) electrons. The molecule has 6 heteroatoms. The standard InChI is InChI=1S/C19H30N4O2/c1-19(2,3)22-18(25)21-17(24)14-20-15-10-6-7-11-16(15)23-12-8-4-5-9-13-23/h6-7,10-11,20H,4-5,8-9,12-14H2,1-3H3,(H2,21,22,24,25). The van der Waals surface area contributed by atoms with Crippen LogP contribution in [0.2, 0.25) is 0 Å². The molecule has 1 aliphatic heterocycles. The van der Waals surface area contributed by atoms with Crippen molar-refractivity contribution < 1.29 is 9.59 Å². The zero-order valence-corrected chi connectivity index (χ0v) is 15.5. The summed E-state index contributed by atoms with van der Waals surface area (Å²) in [4.78, 5) is 26.1. The van der Waals surface area contributed by atoms with Gasteiger partial charge >= 0.3 is 6.03 Å². The van der Waals surface area contributed by atoms with Crippen LogP contribution in [0.1, 0.15) is 46.5 Å². The maximum atomic E-state index is 12.0. The van der Waals surface area contributed by atoms with E-state index in [1.165, 1.54) is 25.7 Å². The van der Waals surface area contributed by atoms with Gasteiger partial charge in [0.15, 0.2) is 0 Å². The van der Waals surface area contributed by atoms with E-state index < -0.39 is 6.03 Å². The van der Waals surface area contributed by atoms with Gasteiger partial charge in [0.25, 0.3) is 0 Å². The molecule has 1 saturated heterocycles. The fourth-order valence-electron chi connectivity index (χ4n) is 2.93. The van der Waals surface area contributed by atoms with E-state index in [0.717, 1.165) is 24.5 Å². The van der Waals surface area contributed by atoms with Crippen LogP contribution in [0.25, 0.3) is 0 Å². The number of carbonyl (C=O) groups excluding carboxylic acids is 2. The Morgan fingerprint density at radius 1 is 1.04 bits per heavy atom. The summed E-state index contributed by atoms with van der Waals surface area (Å²) in [6, 6.07) is 7.55. The van der Waals surface area contributed by atoms with Gasteiger partial charge in [-0.3, -0.25) is 10.1 Å². The highest BCUT2D eigenvalue weighted by Gasteiger charge is 2.17. The van der Waals surface area contributed by atoms with Crippen molar-refractivity contribution in [2.75, 3.05) is 29.9 Å². The van der Waals surface area contributed by atoms with Crippen LogP contribution in [0.5, 0.6) is 0 Å². The first kappa shape index (κ1) is 19.1. The molecule has 6 nitrogen and oxygen atoms in total. The highest BCUT2D eigenvalue weighted by Crippen LogP contribution is 2.27. The number of hydrogen-bond acceptors (Lipinski definition) is 4. The second kappa shape index (κ2) is 8.74. The summed E-state index contributed by atoms with van der Waals surface area (Å²) in [5, 5.41) is 8.23. The first-order chi connectivity index (χ1) is 11.8. The van der Waals surface area contributed by atoms with E-state index >= 15 is 0 Å². The van der Waals surface area contributed by atoms with Crippen LogP contribution in [0, 0.1) is 0 Å². The second-order valence-electron chi connectivity index (χ2n) is 7.52. The number of benzene rings is 1. The van der Waals surface area contributed by atoms with Crippen molar-refractivity contribution in [2.45, 2.75) is 52.0 Å². The summed E-state index contributed by atoms with van der Waals surface area (Å²) in [5.74, 6) is -0.354. The molecule has 0 atom stereocenters. The molecule has 0 saturated carbocycles. The first-order valence-electron chi connectivity index (χ1n) is 9.05.